The Labute approximate surface area is 161 Å². The number of hydrogen-bond donors (Lipinski definition) is 0. The van der Waals surface area contributed by atoms with Crippen molar-refractivity contribution in [1.82, 2.24) is 9.78 Å². The fraction of sp³-hybridized carbons (Fsp3) is 0.0952. The molecule has 2 aromatic carbocycles. The summed E-state index contributed by atoms with van der Waals surface area (Å²) >= 11 is 0. The average molecular weight is 382 g/mol. The highest BCUT2D eigenvalue weighted by atomic mass is 35.5. The maximum Gasteiger partial charge on any atom is 0.275 e. The van der Waals surface area contributed by atoms with Gasteiger partial charge >= 0.3 is 0 Å². The van der Waals surface area contributed by atoms with Gasteiger partial charge in [-0.25, -0.2) is 14.1 Å². The summed E-state index contributed by atoms with van der Waals surface area (Å²) in [5.41, 5.74) is 2.51. The van der Waals surface area contributed by atoms with Gasteiger partial charge in [0.25, 0.3) is 5.56 Å². The third-order valence-corrected chi connectivity index (χ3v) is 4.32. The molecule has 2 heterocycles. The highest BCUT2D eigenvalue weighted by Gasteiger charge is 2.13. The number of halogens is 2. The lowest BCUT2D eigenvalue weighted by Gasteiger charge is -2.10. The van der Waals surface area contributed by atoms with Gasteiger partial charge in [0.15, 0.2) is 6.20 Å². The van der Waals surface area contributed by atoms with E-state index in [0.29, 0.717) is 18.4 Å². The third-order valence-electron chi connectivity index (χ3n) is 4.32. The predicted molar refractivity (Wildman–Crippen MR) is 97.3 cm³/mol. The monoisotopic (exact) mass is 381 g/mol. The number of aromatic amines is 1. The molecule has 0 aliphatic heterocycles. The molecule has 4 rings (SSSR count). The second kappa shape index (κ2) is 8.10. The maximum absolute atomic E-state index is 13.2. The number of hydrogen-bond acceptors (Lipinski definition) is 2. The summed E-state index contributed by atoms with van der Waals surface area (Å²) in [4.78, 5) is 15.9. The molecule has 0 spiro atoms. The van der Waals surface area contributed by atoms with Crippen LogP contribution in [-0.2, 0) is 13.0 Å². The molecule has 4 aromatic rings. The summed E-state index contributed by atoms with van der Waals surface area (Å²) in [6.07, 6.45) is 2.35. The van der Waals surface area contributed by atoms with E-state index in [9.17, 15) is 9.18 Å². The molecule has 1 N–H and O–H groups in total. The summed E-state index contributed by atoms with van der Waals surface area (Å²) in [5.74, 6) is -0.267. The van der Waals surface area contributed by atoms with Crippen LogP contribution in [0.1, 0.15) is 17.0 Å². The van der Waals surface area contributed by atoms with Crippen molar-refractivity contribution >= 4 is 10.8 Å². The lowest BCUT2D eigenvalue weighted by atomic mass is 10.0. The van der Waals surface area contributed by atoms with E-state index >= 15 is 0 Å². The van der Waals surface area contributed by atoms with Gasteiger partial charge in [-0.2, -0.15) is 5.10 Å². The van der Waals surface area contributed by atoms with E-state index in [2.05, 4.69) is 10.1 Å². The minimum Gasteiger partial charge on any atom is -1.00 e. The van der Waals surface area contributed by atoms with E-state index in [-0.39, 0.29) is 23.8 Å². The molecule has 0 bridgehead atoms. The van der Waals surface area contributed by atoms with E-state index in [0.717, 1.165) is 22.3 Å². The smallest absolute Gasteiger partial charge is 0.275 e. The topological polar surface area (TPSA) is 49.0 Å². The van der Waals surface area contributed by atoms with Gasteiger partial charge in [-0.05, 0) is 23.8 Å². The molecule has 0 aliphatic carbocycles. The van der Waals surface area contributed by atoms with Crippen LogP contribution in [0.15, 0.2) is 77.7 Å². The molecule has 0 radical (unpaired) electrons. The summed E-state index contributed by atoms with van der Waals surface area (Å²) in [5, 5.41) is 6.07. The first kappa shape index (κ1) is 18.7. The minimum atomic E-state index is -0.267. The van der Waals surface area contributed by atoms with Gasteiger partial charge in [0, 0.05) is 23.9 Å². The SMILES string of the molecule is O=c1c2ccccc2c(Cc2ccc(F)cc2)nn1Cc1cccc[nH+]1.[Cl-]. The lowest BCUT2D eigenvalue weighted by Crippen LogP contribution is -3.00. The fourth-order valence-electron chi connectivity index (χ4n) is 3.03. The van der Waals surface area contributed by atoms with Crippen LogP contribution in [0.25, 0.3) is 10.8 Å². The normalized spacial score (nSPS) is 10.6. The van der Waals surface area contributed by atoms with Gasteiger partial charge in [-0.3, -0.25) is 4.79 Å². The van der Waals surface area contributed by atoms with Gasteiger partial charge in [0.2, 0.25) is 5.69 Å². The fourth-order valence-corrected chi connectivity index (χ4v) is 3.03. The first-order chi connectivity index (χ1) is 12.7. The van der Waals surface area contributed by atoms with E-state index in [1.54, 1.807) is 12.1 Å². The number of aromatic nitrogens is 3. The van der Waals surface area contributed by atoms with E-state index in [1.807, 2.05) is 48.7 Å². The van der Waals surface area contributed by atoms with Gasteiger partial charge in [0.05, 0.1) is 11.1 Å². The molecule has 4 nitrogen and oxygen atoms in total. The Morgan fingerprint density at radius 2 is 1.63 bits per heavy atom. The van der Waals surface area contributed by atoms with Crippen molar-refractivity contribution in [3.05, 3.63) is 106 Å². The second-order valence-electron chi connectivity index (χ2n) is 6.15. The highest BCUT2D eigenvalue weighted by Crippen LogP contribution is 2.17. The van der Waals surface area contributed by atoms with Crippen molar-refractivity contribution in [2.24, 2.45) is 0 Å². The van der Waals surface area contributed by atoms with E-state index < -0.39 is 0 Å². The molecular formula is C21H17ClFN3O. The second-order valence-corrected chi connectivity index (χ2v) is 6.15. The van der Waals surface area contributed by atoms with Gasteiger partial charge < -0.3 is 12.4 Å². The van der Waals surface area contributed by atoms with Gasteiger partial charge in [-0.1, -0.05) is 36.4 Å². The minimum absolute atomic E-state index is 0. The molecule has 2 aromatic heterocycles. The van der Waals surface area contributed by atoms with Gasteiger partial charge in [0.1, 0.15) is 12.4 Å². The largest absolute Gasteiger partial charge is 1.00 e. The number of nitrogens with zero attached hydrogens (tertiary/aromatic N) is 2. The number of fused-ring (bicyclic) bond motifs is 1. The summed E-state index contributed by atoms with van der Waals surface area (Å²) in [7, 11) is 0. The Hall–Kier alpha value is -3.05. The van der Waals surface area contributed by atoms with Gasteiger partial charge in [-0.15, -0.1) is 0 Å². The Balaban J connectivity index is 0.00000210. The molecule has 0 atom stereocenters. The number of nitrogens with one attached hydrogen (secondary N) is 1. The van der Waals surface area contributed by atoms with Crippen LogP contribution < -0.4 is 23.0 Å². The molecule has 27 heavy (non-hydrogen) atoms. The number of H-pyrrole nitrogens is 1. The lowest BCUT2D eigenvalue weighted by molar-refractivity contribution is -0.391. The molecule has 0 aliphatic rings. The quantitative estimate of drug-likeness (QED) is 0.499. The third kappa shape index (κ3) is 4.04. The molecular weight excluding hydrogens is 365 g/mol. The van der Waals surface area contributed by atoms with Crippen molar-refractivity contribution in [3.8, 4) is 0 Å². The highest BCUT2D eigenvalue weighted by molar-refractivity contribution is 5.83. The number of pyridine rings is 1. The van der Waals surface area contributed by atoms with Crippen LogP contribution in [0.3, 0.4) is 0 Å². The Kier molecular flexibility index (Phi) is 5.62. The van der Waals surface area contributed by atoms with Crippen LogP contribution in [0, 0.1) is 5.82 Å². The molecule has 0 saturated heterocycles. The molecule has 136 valence electrons. The Morgan fingerprint density at radius 1 is 0.926 bits per heavy atom. The van der Waals surface area contributed by atoms with Crippen LogP contribution in [0.2, 0.25) is 0 Å². The summed E-state index contributed by atoms with van der Waals surface area (Å²) in [6, 6.07) is 19.6. The average Bonchev–Trinajstić information content (AvgIpc) is 2.68. The summed E-state index contributed by atoms with van der Waals surface area (Å²) in [6.45, 7) is 0.362. The van der Waals surface area contributed by atoms with Crippen LogP contribution in [-0.4, -0.2) is 9.78 Å². The van der Waals surface area contributed by atoms with Crippen LogP contribution in [0.5, 0.6) is 0 Å². The van der Waals surface area contributed by atoms with Crippen molar-refractivity contribution in [2.45, 2.75) is 13.0 Å². The number of rotatable bonds is 4. The number of benzene rings is 2. The molecule has 0 unspecified atom stereocenters. The molecule has 0 amide bonds. The van der Waals surface area contributed by atoms with Crippen molar-refractivity contribution < 1.29 is 21.8 Å². The Morgan fingerprint density at radius 3 is 2.33 bits per heavy atom. The Bertz CT molecular complexity index is 1110. The first-order valence-corrected chi connectivity index (χ1v) is 8.39. The van der Waals surface area contributed by atoms with E-state index in [1.165, 1.54) is 16.8 Å². The first-order valence-electron chi connectivity index (χ1n) is 8.39. The summed E-state index contributed by atoms with van der Waals surface area (Å²) < 4.78 is 14.7. The zero-order valence-corrected chi connectivity index (χ0v) is 15.2. The zero-order chi connectivity index (χ0) is 17.9. The molecule has 6 heteroatoms. The molecule has 0 saturated carbocycles. The van der Waals surface area contributed by atoms with E-state index in [4.69, 9.17) is 0 Å². The van der Waals surface area contributed by atoms with Crippen LogP contribution in [0.4, 0.5) is 4.39 Å². The maximum atomic E-state index is 13.2. The van der Waals surface area contributed by atoms with Crippen LogP contribution >= 0.6 is 0 Å². The van der Waals surface area contributed by atoms with Crippen molar-refractivity contribution in [1.29, 1.82) is 0 Å². The standard InChI is InChI=1S/C21H16FN3O.ClH/c22-16-10-8-15(9-11-16)13-20-18-6-1-2-7-19(18)21(26)25(24-20)14-17-5-3-4-12-23-17;/h1-12H,13-14H2;1H. The van der Waals surface area contributed by atoms with Crippen molar-refractivity contribution in [3.63, 3.8) is 0 Å². The molecule has 0 fully saturated rings. The van der Waals surface area contributed by atoms with Crippen molar-refractivity contribution in [2.75, 3.05) is 0 Å². The predicted octanol–water partition coefficient (Wildman–Crippen LogP) is -0.00720. The zero-order valence-electron chi connectivity index (χ0n) is 14.4.